The summed E-state index contributed by atoms with van der Waals surface area (Å²) in [6.07, 6.45) is 2.55. The van der Waals surface area contributed by atoms with Crippen LogP contribution in [0.25, 0.3) is 0 Å². The molecule has 1 aliphatic carbocycles. The normalized spacial score (nSPS) is 39.3. The highest BCUT2D eigenvalue weighted by atomic mass is 16.7. The molecule has 1 amide bonds. The average Bonchev–Trinajstić information content (AvgIpc) is 2.96. The van der Waals surface area contributed by atoms with Gasteiger partial charge in [0.05, 0.1) is 31.5 Å². The first kappa shape index (κ1) is 14.6. The molecule has 1 unspecified atom stereocenters. The second kappa shape index (κ2) is 4.90. The summed E-state index contributed by atoms with van der Waals surface area (Å²) in [4.78, 5) is 23.9. The molecule has 0 N–H and O–H groups in total. The lowest BCUT2D eigenvalue weighted by Crippen LogP contribution is -2.51. The molecule has 4 heterocycles. The molecule has 3 fully saturated rings. The van der Waals surface area contributed by atoms with E-state index in [2.05, 4.69) is 13.0 Å². The number of carbonyl (C=O) groups is 1. The van der Waals surface area contributed by atoms with Crippen LogP contribution < -0.4 is 5.06 Å². The molecule has 5 heteroatoms. The van der Waals surface area contributed by atoms with Crippen LogP contribution in [-0.2, 0) is 19.8 Å². The second-order valence-electron chi connectivity index (χ2n) is 7.34. The van der Waals surface area contributed by atoms with Crippen molar-refractivity contribution in [1.29, 1.82) is 0 Å². The Hall–Kier alpha value is -1.72. The van der Waals surface area contributed by atoms with Crippen molar-refractivity contribution < 1.29 is 14.4 Å². The second-order valence-corrected chi connectivity index (χ2v) is 7.34. The van der Waals surface area contributed by atoms with Gasteiger partial charge < -0.3 is 4.74 Å². The number of benzene rings is 1. The van der Waals surface area contributed by atoms with Gasteiger partial charge in [0.25, 0.3) is 5.91 Å². The number of fused-ring (bicyclic) bond motifs is 2. The molecule has 0 aromatic heterocycles. The fourth-order valence-corrected chi connectivity index (χ4v) is 5.46. The van der Waals surface area contributed by atoms with Crippen molar-refractivity contribution in [2.24, 2.45) is 16.8 Å². The van der Waals surface area contributed by atoms with Gasteiger partial charge in [-0.05, 0) is 30.9 Å². The van der Waals surface area contributed by atoms with Crippen molar-refractivity contribution in [2.45, 2.75) is 43.7 Å². The van der Waals surface area contributed by atoms with E-state index in [9.17, 15) is 4.79 Å². The highest BCUT2D eigenvalue weighted by Gasteiger charge is 2.64. The lowest BCUT2D eigenvalue weighted by atomic mass is 9.71. The molecule has 126 valence electrons. The first-order valence-electron chi connectivity index (χ1n) is 8.87. The van der Waals surface area contributed by atoms with Gasteiger partial charge in [0.2, 0.25) is 0 Å². The third-order valence-corrected chi connectivity index (χ3v) is 6.52. The Morgan fingerprint density at radius 3 is 3.04 bits per heavy atom. The smallest absolute Gasteiger partial charge is 0.264 e. The van der Waals surface area contributed by atoms with Gasteiger partial charge in [-0.15, -0.1) is 0 Å². The number of carbonyl (C=O) groups excluding carboxylic acids is 1. The largest absolute Gasteiger partial charge is 0.376 e. The highest BCUT2D eigenvalue weighted by molar-refractivity contribution is 6.07. The van der Waals surface area contributed by atoms with E-state index in [1.165, 1.54) is 10.8 Å². The first-order valence-corrected chi connectivity index (χ1v) is 8.87. The molecule has 0 radical (unpaired) electrons. The minimum atomic E-state index is -0.649. The molecular weight excluding hydrogens is 304 g/mol. The Morgan fingerprint density at radius 1 is 1.42 bits per heavy atom. The summed E-state index contributed by atoms with van der Waals surface area (Å²) in [5, 5.41) is 1.45. The molecular formula is C19H22N2O3. The minimum Gasteiger partial charge on any atom is -0.376 e. The van der Waals surface area contributed by atoms with Crippen molar-refractivity contribution in [3.05, 3.63) is 29.8 Å². The quantitative estimate of drug-likeness (QED) is 0.839. The molecule has 2 saturated heterocycles. The standard InChI is InChI=1S/C19H22N2O3/c1-3-14-11-8-17-19(9-15(20-14)12(11)10-24-17)13-6-4-5-7-16(13)21(23-2)18(19)22/h4-7,11-12,15,17H,3,8-10H2,1-2H3/t11?,12-,15-,17+,19-/m0/s1. The van der Waals surface area contributed by atoms with E-state index in [1.807, 2.05) is 18.2 Å². The van der Waals surface area contributed by atoms with Crippen LogP contribution in [0.5, 0.6) is 0 Å². The van der Waals surface area contributed by atoms with Gasteiger partial charge in [0.15, 0.2) is 0 Å². The van der Waals surface area contributed by atoms with E-state index in [0.29, 0.717) is 11.8 Å². The molecule has 5 aliphatic rings. The van der Waals surface area contributed by atoms with Gasteiger partial charge in [-0.1, -0.05) is 25.1 Å². The average molecular weight is 326 g/mol. The van der Waals surface area contributed by atoms with E-state index in [-0.39, 0.29) is 18.1 Å². The van der Waals surface area contributed by atoms with Crippen LogP contribution in [0.2, 0.25) is 0 Å². The number of nitrogens with zero attached hydrogens (tertiary/aromatic N) is 2. The van der Waals surface area contributed by atoms with Crippen LogP contribution in [0.1, 0.15) is 31.7 Å². The Bertz CT molecular complexity index is 746. The molecule has 4 aliphatic heterocycles. The van der Waals surface area contributed by atoms with E-state index >= 15 is 0 Å². The van der Waals surface area contributed by atoms with Gasteiger partial charge in [-0.2, -0.15) is 5.06 Å². The van der Waals surface area contributed by atoms with Crippen LogP contribution in [0.3, 0.4) is 0 Å². The number of anilines is 1. The summed E-state index contributed by atoms with van der Waals surface area (Å²) in [6.45, 7) is 2.90. The molecule has 1 saturated carbocycles. The molecule has 5 atom stereocenters. The van der Waals surface area contributed by atoms with Gasteiger partial charge in [0, 0.05) is 17.5 Å². The zero-order valence-electron chi connectivity index (χ0n) is 14.1. The number of ether oxygens (including phenoxy) is 1. The fraction of sp³-hybridized carbons (Fsp3) is 0.579. The number of hydrogen-bond donors (Lipinski definition) is 0. The SMILES string of the molecule is CCC1=N[C@H]2C[C@@]3(C(=O)N(OC)c4ccccc43)[C@H]3CC1[C@@H]2CO3. The third-order valence-electron chi connectivity index (χ3n) is 6.52. The van der Waals surface area contributed by atoms with Gasteiger partial charge in [-0.25, -0.2) is 0 Å². The molecule has 24 heavy (non-hydrogen) atoms. The van der Waals surface area contributed by atoms with E-state index in [1.54, 1.807) is 7.11 Å². The van der Waals surface area contributed by atoms with E-state index in [0.717, 1.165) is 37.1 Å². The van der Waals surface area contributed by atoms with E-state index < -0.39 is 5.41 Å². The summed E-state index contributed by atoms with van der Waals surface area (Å²) < 4.78 is 6.26. The number of rotatable bonds is 2. The predicted molar refractivity (Wildman–Crippen MR) is 90.1 cm³/mol. The molecule has 4 bridgehead atoms. The van der Waals surface area contributed by atoms with Crippen molar-refractivity contribution in [3.63, 3.8) is 0 Å². The number of hydrogen-bond acceptors (Lipinski definition) is 4. The predicted octanol–water partition coefficient (Wildman–Crippen LogP) is 2.49. The molecule has 6 rings (SSSR count). The van der Waals surface area contributed by atoms with Gasteiger partial charge in [0.1, 0.15) is 5.41 Å². The van der Waals surface area contributed by atoms with Crippen molar-refractivity contribution in [2.75, 3.05) is 18.8 Å². The Labute approximate surface area is 141 Å². The first-order chi connectivity index (χ1) is 11.7. The van der Waals surface area contributed by atoms with Crippen molar-refractivity contribution >= 4 is 17.3 Å². The third kappa shape index (κ3) is 1.57. The van der Waals surface area contributed by atoms with Crippen LogP contribution in [0.4, 0.5) is 5.69 Å². The van der Waals surface area contributed by atoms with Crippen molar-refractivity contribution in [3.8, 4) is 0 Å². The van der Waals surface area contributed by atoms with Crippen LogP contribution >= 0.6 is 0 Å². The van der Waals surface area contributed by atoms with Gasteiger partial charge >= 0.3 is 0 Å². The summed E-state index contributed by atoms with van der Waals surface area (Å²) in [5.74, 6) is 0.930. The molecule has 1 aromatic carbocycles. The van der Waals surface area contributed by atoms with Crippen LogP contribution in [0.15, 0.2) is 29.3 Å². The number of amides is 1. The van der Waals surface area contributed by atoms with Crippen molar-refractivity contribution in [1.82, 2.24) is 0 Å². The van der Waals surface area contributed by atoms with Crippen LogP contribution in [0, 0.1) is 11.8 Å². The Morgan fingerprint density at radius 2 is 2.25 bits per heavy atom. The van der Waals surface area contributed by atoms with Gasteiger partial charge in [-0.3, -0.25) is 14.6 Å². The summed E-state index contributed by atoms with van der Waals surface area (Å²) >= 11 is 0. The lowest BCUT2D eigenvalue weighted by Gasteiger charge is -2.38. The fourth-order valence-electron chi connectivity index (χ4n) is 5.46. The maximum absolute atomic E-state index is 13.4. The van der Waals surface area contributed by atoms with E-state index in [4.69, 9.17) is 14.6 Å². The lowest BCUT2D eigenvalue weighted by molar-refractivity contribution is -0.137. The summed E-state index contributed by atoms with van der Waals surface area (Å²) in [7, 11) is 1.56. The zero-order valence-corrected chi connectivity index (χ0v) is 14.1. The summed E-state index contributed by atoms with van der Waals surface area (Å²) in [6, 6.07) is 8.16. The summed E-state index contributed by atoms with van der Waals surface area (Å²) in [5.41, 5.74) is 2.58. The number of para-hydroxylation sites is 1. The molecule has 1 spiro atoms. The molecule has 1 aromatic rings. The Balaban J connectivity index is 1.69. The maximum Gasteiger partial charge on any atom is 0.264 e. The molecule has 5 nitrogen and oxygen atoms in total. The minimum absolute atomic E-state index is 0.0117. The number of aliphatic imine (C=N–C) groups is 1. The van der Waals surface area contributed by atoms with Crippen LogP contribution in [-0.4, -0.2) is 37.5 Å². The Kier molecular flexibility index (Phi) is 2.98. The zero-order chi connectivity index (χ0) is 16.5. The highest BCUT2D eigenvalue weighted by Crippen LogP contribution is 2.56. The topological polar surface area (TPSA) is 51.1 Å². The monoisotopic (exact) mass is 326 g/mol. The number of hydroxylamine groups is 1. The maximum atomic E-state index is 13.4.